The molecule has 2 atom stereocenters. The van der Waals surface area contributed by atoms with Crippen LogP contribution in [0.25, 0.3) is 0 Å². The van der Waals surface area contributed by atoms with E-state index in [9.17, 15) is 5.11 Å². The quantitative estimate of drug-likeness (QED) is 0.759. The van der Waals surface area contributed by atoms with Gasteiger partial charge in [0.1, 0.15) is 0 Å². The standard InChI is InChI=1S/C9H16N2O3/c1-6(7(2)12)9-10-8(11-14-9)4-5-13-3/h6-7,12H,4-5H2,1-3H3. The molecule has 0 aliphatic rings. The molecule has 1 aromatic heterocycles. The third-order valence-corrected chi connectivity index (χ3v) is 2.13. The van der Waals surface area contributed by atoms with Crippen LogP contribution in [-0.4, -0.2) is 35.1 Å². The topological polar surface area (TPSA) is 68.4 Å². The summed E-state index contributed by atoms with van der Waals surface area (Å²) in [5.41, 5.74) is 0. The van der Waals surface area contributed by atoms with Gasteiger partial charge < -0.3 is 14.4 Å². The smallest absolute Gasteiger partial charge is 0.232 e. The maximum absolute atomic E-state index is 9.31. The Morgan fingerprint density at radius 2 is 2.21 bits per heavy atom. The van der Waals surface area contributed by atoms with Crippen LogP contribution in [0.5, 0.6) is 0 Å². The van der Waals surface area contributed by atoms with Crippen LogP contribution in [0.3, 0.4) is 0 Å². The average Bonchev–Trinajstić information content (AvgIpc) is 2.61. The maximum Gasteiger partial charge on any atom is 0.232 e. The van der Waals surface area contributed by atoms with E-state index in [1.807, 2.05) is 6.92 Å². The third-order valence-electron chi connectivity index (χ3n) is 2.13. The Labute approximate surface area is 83.1 Å². The first-order chi connectivity index (χ1) is 6.65. The Kier molecular flexibility index (Phi) is 4.03. The van der Waals surface area contributed by atoms with Gasteiger partial charge in [-0.3, -0.25) is 0 Å². The van der Waals surface area contributed by atoms with Crippen LogP contribution in [0.15, 0.2) is 4.52 Å². The van der Waals surface area contributed by atoms with Gasteiger partial charge in [-0.15, -0.1) is 0 Å². The minimum Gasteiger partial charge on any atom is -0.393 e. The van der Waals surface area contributed by atoms with Crippen molar-refractivity contribution in [3.8, 4) is 0 Å². The van der Waals surface area contributed by atoms with Gasteiger partial charge in [0.2, 0.25) is 5.89 Å². The molecule has 1 N–H and O–H groups in total. The normalized spacial score (nSPS) is 15.4. The second-order valence-corrected chi connectivity index (χ2v) is 3.32. The van der Waals surface area contributed by atoms with E-state index in [2.05, 4.69) is 10.1 Å². The number of aromatic nitrogens is 2. The molecule has 0 fully saturated rings. The molecule has 1 heterocycles. The highest BCUT2D eigenvalue weighted by Gasteiger charge is 2.18. The lowest BCUT2D eigenvalue weighted by Crippen LogP contribution is -2.11. The molecule has 1 aromatic rings. The summed E-state index contributed by atoms with van der Waals surface area (Å²) in [6, 6.07) is 0. The molecule has 0 aliphatic heterocycles. The monoisotopic (exact) mass is 200 g/mol. The van der Waals surface area contributed by atoms with E-state index in [-0.39, 0.29) is 5.92 Å². The molecule has 80 valence electrons. The Hall–Kier alpha value is -0.940. The summed E-state index contributed by atoms with van der Waals surface area (Å²) < 4.78 is 9.90. The number of ether oxygens (including phenoxy) is 1. The molecule has 14 heavy (non-hydrogen) atoms. The van der Waals surface area contributed by atoms with Crippen molar-refractivity contribution in [2.24, 2.45) is 0 Å². The van der Waals surface area contributed by atoms with E-state index in [0.717, 1.165) is 0 Å². The van der Waals surface area contributed by atoms with Crippen LogP contribution in [0.2, 0.25) is 0 Å². The summed E-state index contributed by atoms with van der Waals surface area (Å²) in [4.78, 5) is 4.15. The highest BCUT2D eigenvalue weighted by atomic mass is 16.5. The molecule has 5 nitrogen and oxygen atoms in total. The first kappa shape index (κ1) is 11.1. The third kappa shape index (κ3) is 2.78. The number of aliphatic hydroxyl groups is 1. The van der Waals surface area contributed by atoms with Gasteiger partial charge in [0.25, 0.3) is 0 Å². The minimum atomic E-state index is -0.481. The van der Waals surface area contributed by atoms with E-state index in [1.165, 1.54) is 0 Å². The summed E-state index contributed by atoms with van der Waals surface area (Å²) in [6.07, 6.45) is 0.151. The number of rotatable bonds is 5. The van der Waals surface area contributed by atoms with Crippen LogP contribution < -0.4 is 0 Å². The van der Waals surface area contributed by atoms with Crippen molar-refractivity contribution in [1.82, 2.24) is 10.1 Å². The molecular weight excluding hydrogens is 184 g/mol. The first-order valence-corrected chi connectivity index (χ1v) is 4.64. The Balaban J connectivity index is 2.58. The van der Waals surface area contributed by atoms with Crippen LogP contribution in [0, 0.1) is 0 Å². The molecule has 1 rings (SSSR count). The highest BCUT2D eigenvalue weighted by Crippen LogP contribution is 2.16. The van der Waals surface area contributed by atoms with Gasteiger partial charge in [0.05, 0.1) is 18.6 Å². The molecule has 5 heteroatoms. The molecule has 0 spiro atoms. The number of hydrogen-bond donors (Lipinski definition) is 1. The van der Waals surface area contributed by atoms with Gasteiger partial charge in [-0.1, -0.05) is 12.1 Å². The van der Waals surface area contributed by atoms with Crippen molar-refractivity contribution in [2.45, 2.75) is 32.3 Å². The van der Waals surface area contributed by atoms with Gasteiger partial charge in [0, 0.05) is 13.5 Å². The van der Waals surface area contributed by atoms with E-state index in [0.29, 0.717) is 24.7 Å². The van der Waals surface area contributed by atoms with E-state index in [1.54, 1.807) is 14.0 Å². The van der Waals surface area contributed by atoms with Crippen LogP contribution in [0.4, 0.5) is 0 Å². The average molecular weight is 200 g/mol. The lowest BCUT2D eigenvalue weighted by molar-refractivity contribution is 0.151. The largest absolute Gasteiger partial charge is 0.393 e. The lowest BCUT2D eigenvalue weighted by Gasteiger charge is -2.07. The summed E-state index contributed by atoms with van der Waals surface area (Å²) in [7, 11) is 1.62. The predicted molar refractivity (Wildman–Crippen MR) is 50.0 cm³/mol. The molecule has 0 bridgehead atoms. The molecular formula is C9H16N2O3. The Morgan fingerprint density at radius 1 is 1.50 bits per heavy atom. The predicted octanol–water partition coefficient (Wildman–Crippen LogP) is 0.743. The Bertz CT molecular complexity index is 273. The maximum atomic E-state index is 9.31. The molecule has 2 unspecified atom stereocenters. The van der Waals surface area contributed by atoms with E-state index in [4.69, 9.17) is 9.26 Å². The second kappa shape index (κ2) is 5.07. The van der Waals surface area contributed by atoms with Gasteiger partial charge >= 0.3 is 0 Å². The summed E-state index contributed by atoms with van der Waals surface area (Å²) in [6.45, 7) is 4.12. The van der Waals surface area contributed by atoms with Gasteiger partial charge in [-0.2, -0.15) is 4.98 Å². The lowest BCUT2D eigenvalue weighted by atomic mass is 10.1. The molecule has 0 amide bonds. The van der Waals surface area contributed by atoms with Crippen molar-refractivity contribution in [1.29, 1.82) is 0 Å². The van der Waals surface area contributed by atoms with Gasteiger partial charge in [-0.25, -0.2) is 0 Å². The zero-order valence-corrected chi connectivity index (χ0v) is 8.73. The fraction of sp³-hybridized carbons (Fsp3) is 0.778. The fourth-order valence-electron chi connectivity index (χ4n) is 0.954. The van der Waals surface area contributed by atoms with Crippen LogP contribution >= 0.6 is 0 Å². The van der Waals surface area contributed by atoms with Crippen molar-refractivity contribution < 1.29 is 14.4 Å². The Morgan fingerprint density at radius 3 is 2.79 bits per heavy atom. The van der Waals surface area contributed by atoms with E-state index < -0.39 is 6.10 Å². The number of methoxy groups -OCH3 is 1. The number of nitrogens with zero attached hydrogens (tertiary/aromatic N) is 2. The molecule has 0 aliphatic carbocycles. The van der Waals surface area contributed by atoms with Crippen molar-refractivity contribution in [2.75, 3.05) is 13.7 Å². The van der Waals surface area contributed by atoms with Crippen molar-refractivity contribution in [3.63, 3.8) is 0 Å². The summed E-state index contributed by atoms with van der Waals surface area (Å²) >= 11 is 0. The van der Waals surface area contributed by atoms with Gasteiger partial charge in [0.15, 0.2) is 5.82 Å². The zero-order valence-electron chi connectivity index (χ0n) is 8.73. The zero-order chi connectivity index (χ0) is 10.6. The number of hydrogen-bond acceptors (Lipinski definition) is 5. The van der Waals surface area contributed by atoms with E-state index >= 15 is 0 Å². The molecule has 0 saturated carbocycles. The van der Waals surface area contributed by atoms with Gasteiger partial charge in [-0.05, 0) is 6.92 Å². The number of aliphatic hydroxyl groups excluding tert-OH is 1. The molecule has 0 saturated heterocycles. The van der Waals surface area contributed by atoms with Crippen LogP contribution in [-0.2, 0) is 11.2 Å². The second-order valence-electron chi connectivity index (χ2n) is 3.32. The SMILES string of the molecule is COCCc1noc(C(C)C(C)O)n1. The molecule has 0 aromatic carbocycles. The fourth-order valence-corrected chi connectivity index (χ4v) is 0.954. The van der Waals surface area contributed by atoms with Crippen molar-refractivity contribution in [3.05, 3.63) is 11.7 Å². The highest BCUT2D eigenvalue weighted by molar-refractivity contribution is 4.94. The molecule has 0 radical (unpaired) electrons. The summed E-state index contributed by atoms with van der Waals surface area (Å²) in [5.74, 6) is 0.972. The van der Waals surface area contributed by atoms with Crippen molar-refractivity contribution >= 4 is 0 Å². The first-order valence-electron chi connectivity index (χ1n) is 4.64. The minimum absolute atomic E-state index is 0.126. The summed E-state index contributed by atoms with van der Waals surface area (Å²) in [5, 5.41) is 13.1. The van der Waals surface area contributed by atoms with Crippen LogP contribution in [0.1, 0.15) is 31.5 Å².